The molecule has 0 amide bonds. The summed E-state index contributed by atoms with van der Waals surface area (Å²) in [6.07, 6.45) is 2.31. The molecule has 0 aliphatic rings. The van der Waals surface area contributed by atoms with E-state index in [0.29, 0.717) is 16.2 Å². The second kappa shape index (κ2) is 5.59. The van der Waals surface area contributed by atoms with E-state index in [9.17, 15) is 14.9 Å². The maximum absolute atomic E-state index is 10.8. The highest BCUT2D eigenvalue weighted by Crippen LogP contribution is 2.25. The molecule has 0 aliphatic carbocycles. The van der Waals surface area contributed by atoms with Crippen LogP contribution >= 0.6 is 11.6 Å². The summed E-state index contributed by atoms with van der Waals surface area (Å²) >= 11 is 5.92. The smallest absolute Gasteiger partial charge is 0.270 e. The first-order valence-electron chi connectivity index (χ1n) is 5.06. The summed E-state index contributed by atoms with van der Waals surface area (Å²) < 4.78 is 0. The van der Waals surface area contributed by atoms with Crippen molar-refractivity contribution in [2.75, 3.05) is 0 Å². The third kappa shape index (κ3) is 3.39. The van der Waals surface area contributed by atoms with Gasteiger partial charge in [-0.25, -0.2) is 0 Å². The first kappa shape index (κ1) is 13.4. The Morgan fingerprint density at radius 1 is 1.47 bits per heavy atom. The second-order valence-electron chi connectivity index (χ2n) is 3.88. The molecule has 0 N–H and O–H groups in total. The van der Waals surface area contributed by atoms with Crippen molar-refractivity contribution in [1.29, 1.82) is 0 Å². The van der Waals surface area contributed by atoms with Gasteiger partial charge in [-0.05, 0) is 23.6 Å². The van der Waals surface area contributed by atoms with Gasteiger partial charge >= 0.3 is 0 Å². The SMILES string of the molecule is CC(C)C(C=O)=Cc1cc([N+](=O)[O-])ccc1Cl. The predicted octanol–water partition coefficient (Wildman–Crippen LogP) is 3.49. The van der Waals surface area contributed by atoms with Crippen LogP contribution in [0.5, 0.6) is 0 Å². The molecule has 0 fully saturated rings. The number of hydrogen-bond acceptors (Lipinski definition) is 3. The minimum absolute atomic E-state index is 0.0443. The first-order chi connectivity index (χ1) is 7.95. The molecule has 0 aromatic heterocycles. The van der Waals surface area contributed by atoms with E-state index in [1.54, 1.807) is 6.08 Å². The molecule has 17 heavy (non-hydrogen) atoms. The number of carbonyl (C=O) groups is 1. The van der Waals surface area contributed by atoms with Gasteiger partial charge in [0.25, 0.3) is 5.69 Å². The molecule has 0 radical (unpaired) electrons. The number of nitro benzene ring substituents is 1. The predicted molar refractivity (Wildman–Crippen MR) is 67.0 cm³/mol. The summed E-state index contributed by atoms with van der Waals surface area (Å²) in [5.74, 6) is 0.0443. The lowest BCUT2D eigenvalue weighted by Gasteiger charge is -2.05. The fraction of sp³-hybridized carbons (Fsp3) is 0.250. The van der Waals surface area contributed by atoms with E-state index in [1.165, 1.54) is 18.2 Å². The second-order valence-corrected chi connectivity index (χ2v) is 4.29. The Labute approximate surface area is 104 Å². The Balaban J connectivity index is 3.25. The lowest BCUT2D eigenvalue weighted by molar-refractivity contribution is -0.384. The van der Waals surface area contributed by atoms with E-state index < -0.39 is 4.92 Å². The fourth-order valence-electron chi connectivity index (χ4n) is 1.27. The van der Waals surface area contributed by atoms with Crippen LogP contribution in [0, 0.1) is 16.0 Å². The molecule has 1 aromatic carbocycles. The maximum atomic E-state index is 10.8. The van der Waals surface area contributed by atoms with Crippen LogP contribution in [0.3, 0.4) is 0 Å². The fourth-order valence-corrected chi connectivity index (χ4v) is 1.44. The van der Waals surface area contributed by atoms with Gasteiger partial charge in [0, 0.05) is 22.7 Å². The average Bonchev–Trinajstić information content (AvgIpc) is 2.27. The lowest BCUT2D eigenvalue weighted by Crippen LogP contribution is -1.95. The number of benzene rings is 1. The zero-order chi connectivity index (χ0) is 13.0. The number of hydrogen-bond donors (Lipinski definition) is 0. The van der Waals surface area contributed by atoms with E-state index in [1.807, 2.05) is 13.8 Å². The van der Waals surface area contributed by atoms with Crippen LogP contribution in [0.25, 0.3) is 6.08 Å². The molecular weight excluding hydrogens is 242 g/mol. The summed E-state index contributed by atoms with van der Waals surface area (Å²) in [7, 11) is 0. The highest BCUT2D eigenvalue weighted by Gasteiger charge is 2.10. The van der Waals surface area contributed by atoms with E-state index in [0.717, 1.165) is 6.29 Å². The molecule has 1 aromatic rings. The van der Waals surface area contributed by atoms with Crippen LogP contribution in [0.1, 0.15) is 19.4 Å². The van der Waals surface area contributed by atoms with Gasteiger partial charge in [0.05, 0.1) is 4.92 Å². The average molecular weight is 254 g/mol. The minimum atomic E-state index is -0.496. The Hall–Kier alpha value is -1.68. The maximum Gasteiger partial charge on any atom is 0.270 e. The molecular formula is C12H12ClNO3. The van der Waals surface area contributed by atoms with Crippen molar-refractivity contribution in [3.8, 4) is 0 Å². The zero-order valence-electron chi connectivity index (χ0n) is 9.51. The topological polar surface area (TPSA) is 60.2 Å². The monoisotopic (exact) mass is 253 g/mol. The van der Waals surface area contributed by atoms with Crippen molar-refractivity contribution < 1.29 is 9.72 Å². The normalized spacial score (nSPS) is 11.6. The molecule has 5 heteroatoms. The lowest BCUT2D eigenvalue weighted by atomic mass is 10.0. The summed E-state index contributed by atoms with van der Waals surface area (Å²) in [4.78, 5) is 21.0. The number of carbonyl (C=O) groups excluding carboxylic acids is 1. The number of allylic oxidation sites excluding steroid dienone is 1. The van der Waals surface area contributed by atoms with Crippen molar-refractivity contribution in [1.82, 2.24) is 0 Å². The molecule has 0 saturated heterocycles. The summed E-state index contributed by atoms with van der Waals surface area (Å²) in [6.45, 7) is 3.73. The minimum Gasteiger partial charge on any atom is -0.298 e. The van der Waals surface area contributed by atoms with Gasteiger partial charge < -0.3 is 0 Å². The van der Waals surface area contributed by atoms with E-state index in [2.05, 4.69) is 0 Å². The van der Waals surface area contributed by atoms with Crippen molar-refractivity contribution >= 4 is 29.7 Å². The molecule has 0 unspecified atom stereocenters. The van der Waals surface area contributed by atoms with Gasteiger partial charge in [0.15, 0.2) is 0 Å². The van der Waals surface area contributed by atoms with Crippen LogP contribution in [0.15, 0.2) is 23.8 Å². The number of non-ortho nitro benzene ring substituents is 1. The molecule has 4 nitrogen and oxygen atoms in total. The molecule has 0 bridgehead atoms. The van der Waals surface area contributed by atoms with Gasteiger partial charge in [-0.2, -0.15) is 0 Å². The van der Waals surface area contributed by atoms with E-state index in [-0.39, 0.29) is 11.6 Å². The number of aldehydes is 1. The largest absolute Gasteiger partial charge is 0.298 e. The van der Waals surface area contributed by atoms with Crippen LogP contribution in [-0.2, 0) is 4.79 Å². The molecule has 1 rings (SSSR count). The quantitative estimate of drug-likeness (QED) is 0.357. The van der Waals surface area contributed by atoms with Crippen LogP contribution in [0.4, 0.5) is 5.69 Å². The Morgan fingerprint density at radius 3 is 2.59 bits per heavy atom. The van der Waals surface area contributed by atoms with Gasteiger partial charge in [0.2, 0.25) is 0 Å². The summed E-state index contributed by atoms with van der Waals surface area (Å²) in [5, 5.41) is 11.0. The zero-order valence-corrected chi connectivity index (χ0v) is 10.3. The molecule has 0 heterocycles. The standard InChI is InChI=1S/C12H12ClNO3/c1-8(2)10(7-15)5-9-6-11(14(16)17)3-4-12(9)13/h3-8H,1-2H3. The number of nitro groups is 1. The first-order valence-corrected chi connectivity index (χ1v) is 5.44. The van der Waals surface area contributed by atoms with E-state index in [4.69, 9.17) is 11.6 Å². The molecule has 90 valence electrons. The van der Waals surface area contributed by atoms with Gasteiger partial charge in [-0.3, -0.25) is 14.9 Å². The Morgan fingerprint density at radius 2 is 2.12 bits per heavy atom. The van der Waals surface area contributed by atoms with Crippen LogP contribution in [0.2, 0.25) is 5.02 Å². The molecule has 0 aliphatic heterocycles. The number of nitrogens with zero attached hydrogens (tertiary/aromatic N) is 1. The number of rotatable bonds is 4. The summed E-state index contributed by atoms with van der Waals surface area (Å²) in [6, 6.07) is 4.14. The van der Waals surface area contributed by atoms with Crippen molar-refractivity contribution in [2.45, 2.75) is 13.8 Å². The van der Waals surface area contributed by atoms with Crippen LogP contribution in [-0.4, -0.2) is 11.2 Å². The van der Waals surface area contributed by atoms with Crippen molar-refractivity contribution in [2.24, 2.45) is 5.92 Å². The van der Waals surface area contributed by atoms with Gasteiger partial charge in [-0.1, -0.05) is 25.4 Å². The molecule has 0 atom stereocenters. The highest BCUT2D eigenvalue weighted by atomic mass is 35.5. The summed E-state index contributed by atoms with van der Waals surface area (Å²) in [5.41, 5.74) is 0.985. The Bertz CT molecular complexity index is 481. The third-order valence-electron chi connectivity index (χ3n) is 2.32. The third-order valence-corrected chi connectivity index (χ3v) is 2.66. The molecule has 0 saturated carbocycles. The number of halogens is 1. The Kier molecular flexibility index (Phi) is 4.40. The highest BCUT2D eigenvalue weighted by molar-refractivity contribution is 6.32. The van der Waals surface area contributed by atoms with Gasteiger partial charge in [-0.15, -0.1) is 0 Å². The van der Waals surface area contributed by atoms with Crippen molar-refractivity contribution in [3.05, 3.63) is 44.5 Å². The molecule has 0 spiro atoms. The van der Waals surface area contributed by atoms with Gasteiger partial charge in [0.1, 0.15) is 6.29 Å². The van der Waals surface area contributed by atoms with Crippen LogP contribution < -0.4 is 0 Å². The van der Waals surface area contributed by atoms with E-state index >= 15 is 0 Å². The van der Waals surface area contributed by atoms with Crippen molar-refractivity contribution in [3.63, 3.8) is 0 Å².